The Morgan fingerprint density at radius 3 is 1.35 bits per heavy atom. The summed E-state index contributed by atoms with van der Waals surface area (Å²) in [6.45, 7) is 9.68. The smallest absolute Gasteiger partial charge is 0.391 e. The van der Waals surface area contributed by atoms with Crippen molar-refractivity contribution in [3.05, 3.63) is 106 Å². The number of morpholine rings is 2. The molecule has 1 saturated carbocycles. The van der Waals surface area contributed by atoms with Crippen molar-refractivity contribution in [1.29, 1.82) is 0 Å². The van der Waals surface area contributed by atoms with Crippen LogP contribution in [0.15, 0.2) is 72.8 Å². The minimum Gasteiger partial charge on any atom is -0.465 e. The third-order valence-electron chi connectivity index (χ3n) is 14.0. The Labute approximate surface area is 429 Å². The lowest BCUT2D eigenvalue weighted by Gasteiger charge is -2.37. The van der Waals surface area contributed by atoms with Crippen molar-refractivity contribution >= 4 is 70.1 Å². The van der Waals surface area contributed by atoms with Crippen LogP contribution in [-0.4, -0.2) is 140 Å². The third kappa shape index (κ3) is 10.7. The largest absolute Gasteiger partial charge is 0.465 e. The zero-order valence-corrected chi connectivity index (χ0v) is 41.9. The van der Waals surface area contributed by atoms with Gasteiger partial charge in [0.05, 0.1) is 89.8 Å². The summed E-state index contributed by atoms with van der Waals surface area (Å²) in [7, 11) is 2.31. The Balaban J connectivity index is 0.954. The molecule has 6 atom stereocenters. The first-order valence-corrected chi connectivity index (χ1v) is 24.6. The molecule has 394 valence electrons. The average molecular weight is 1040 g/mol. The van der Waals surface area contributed by atoms with Crippen molar-refractivity contribution < 1.29 is 70.5 Å². The number of anilines is 4. The van der Waals surface area contributed by atoms with Crippen LogP contribution in [0, 0.1) is 5.92 Å². The Morgan fingerprint density at radius 2 is 0.960 bits per heavy atom. The zero-order chi connectivity index (χ0) is 53.8. The van der Waals surface area contributed by atoms with Crippen molar-refractivity contribution in [2.75, 3.05) is 60.8 Å². The molecule has 0 bridgehead atoms. The topological polar surface area (TPSA) is 210 Å². The summed E-state index contributed by atoms with van der Waals surface area (Å²) in [4.78, 5) is 116. The molecule has 0 radical (unpaired) electrons. The maximum atomic E-state index is 14.4. The van der Waals surface area contributed by atoms with E-state index in [1.807, 2.05) is 32.6 Å². The molecule has 4 aromatic rings. The number of alkyl halides is 3. The summed E-state index contributed by atoms with van der Waals surface area (Å²) in [5.74, 6) is -7.59. The molecule has 6 amide bonds. The summed E-state index contributed by atoms with van der Waals surface area (Å²) in [6, 6.07) is 13.7. The van der Waals surface area contributed by atoms with Gasteiger partial charge in [-0.1, -0.05) is 25.0 Å². The number of ether oxygens (including phenoxy) is 4. The summed E-state index contributed by atoms with van der Waals surface area (Å²) in [6.07, 6.45) is -5.74. The predicted molar refractivity (Wildman–Crippen MR) is 266 cm³/mol. The predicted octanol–water partition coefficient (Wildman–Crippen LogP) is 7.11. The van der Waals surface area contributed by atoms with Crippen LogP contribution >= 0.6 is 0 Å². The molecule has 75 heavy (non-hydrogen) atoms. The molecule has 1 aliphatic carbocycles. The van der Waals surface area contributed by atoms with Gasteiger partial charge in [-0.05, 0) is 112 Å². The van der Waals surface area contributed by atoms with Crippen LogP contribution in [0.1, 0.15) is 116 Å². The van der Waals surface area contributed by atoms with E-state index in [2.05, 4.69) is 15.5 Å². The van der Waals surface area contributed by atoms with Gasteiger partial charge >= 0.3 is 18.1 Å². The monoisotopic (exact) mass is 1040 g/mol. The molecule has 2 unspecified atom stereocenters. The highest BCUT2D eigenvalue weighted by Crippen LogP contribution is 2.40. The van der Waals surface area contributed by atoms with Crippen LogP contribution in [0.3, 0.4) is 0 Å². The van der Waals surface area contributed by atoms with Gasteiger partial charge in [0.25, 0.3) is 23.6 Å². The number of rotatable bonds is 14. The molecule has 4 heterocycles. The van der Waals surface area contributed by atoms with Gasteiger partial charge in [0, 0.05) is 37.6 Å². The van der Waals surface area contributed by atoms with Gasteiger partial charge in [-0.25, -0.2) is 9.59 Å². The fourth-order valence-electron chi connectivity index (χ4n) is 10.4. The summed E-state index contributed by atoms with van der Waals surface area (Å²) in [5.41, 5.74) is 0.839. The Hall–Kier alpha value is -7.65. The second kappa shape index (κ2) is 20.6. The fourth-order valence-corrected chi connectivity index (χ4v) is 10.4. The van der Waals surface area contributed by atoms with Gasteiger partial charge in [-0.3, -0.25) is 38.6 Å². The van der Waals surface area contributed by atoms with Crippen LogP contribution < -0.4 is 20.4 Å². The third-order valence-corrected chi connectivity index (χ3v) is 14.0. The number of carbonyl (C=O) groups excluding carboxylic acids is 8. The zero-order valence-electron chi connectivity index (χ0n) is 41.9. The second-order valence-corrected chi connectivity index (χ2v) is 19.8. The molecule has 21 heteroatoms. The molecule has 4 aliphatic heterocycles. The van der Waals surface area contributed by atoms with E-state index in [9.17, 15) is 51.5 Å². The van der Waals surface area contributed by atoms with Crippen LogP contribution in [0.2, 0.25) is 0 Å². The quantitative estimate of drug-likeness (QED) is 0.0953. The lowest BCUT2D eigenvalue weighted by molar-refractivity contribution is -0.151. The number of fused-ring (bicyclic) bond motifs is 2. The number of methoxy groups -OCH3 is 2. The van der Waals surface area contributed by atoms with E-state index in [-0.39, 0.29) is 97.5 Å². The minimum absolute atomic E-state index is 0.0131. The van der Waals surface area contributed by atoms with Crippen LogP contribution in [0.4, 0.5) is 35.9 Å². The molecular weight excluding hydrogens is 982 g/mol. The Kier molecular flexibility index (Phi) is 14.3. The highest BCUT2D eigenvalue weighted by atomic mass is 19.4. The van der Waals surface area contributed by atoms with E-state index in [4.69, 9.17) is 18.9 Å². The lowest BCUT2D eigenvalue weighted by Crippen LogP contribution is -2.49. The SMILES string of the molecule is COC(=O)c1cc(N2CC(C)O[C@@H](C)C2)ccc1NC(=O)[C@H](CC1CC1)N1C(=O)c2ccc(-c3ccc4c(c3)C(=O)N([C@@H](CC(F)(F)F)C(=O)Nc3ccc(N5CC(C)O[C@@H](C)C5)cc3C(=O)OC)C4=O)cc2C1=O. The van der Waals surface area contributed by atoms with Gasteiger partial charge < -0.3 is 39.4 Å². The van der Waals surface area contributed by atoms with Crippen molar-refractivity contribution in [3.63, 3.8) is 0 Å². The van der Waals surface area contributed by atoms with Gasteiger partial charge in [-0.2, -0.15) is 13.2 Å². The van der Waals surface area contributed by atoms with E-state index in [0.29, 0.717) is 37.6 Å². The molecular formula is C54H55F3N6O12. The number of hydrogen-bond acceptors (Lipinski definition) is 14. The van der Waals surface area contributed by atoms with E-state index in [1.54, 1.807) is 24.3 Å². The summed E-state index contributed by atoms with van der Waals surface area (Å²) < 4.78 is 64.6. The normalized spacial score (nSPS) is 21.4. The average Bonchev–Trinajstić information content (AvgIpc) is 4.13. The van der Waals surface area contributed by atoms with Crippen LogP contribution in [0.25, 0.3) is 11.1 Å². The highest BCUT2D eigenvalue weighted by molar-refractivity contribution is 6.25. The van der Waals surface area contributed by atoms with E-state index in [0.717, 1.165) is 24.9 Å². The summed E-state index contributed by atoms with van der Waals surface area (Å²) in [5, 5.41) is 5.12. The molecule has 5 aliphatic rings. The van der Waals surface area contributed by atoms with Crippen molar-refractivity contribution in [3.8, 4) is 11.1 Å². The molecule has 0 aromatic heterocycles. The number of nitrogens with one attached hydrogen (secondary N) is 2. The number of halogens is 3. The number of nitrogens with zero attached hydrogens (tertiary/aromatic N) is 4. The molecule has 2 N–H and O–H groups in total. The number of hydrogen-bond donors (Lipinski definition) is 2. The van der Waals surface area contributed by atoms with Crippen molar-refractivity contribution in [2.45, 2.75) is 96.1 Å². The highest BCUT2D eigenvalue weighted by Gasteiger charge is 2.49. The first-order valence-electron chi connectivity index (χ1n) is 24.6. The fraction of sp³-hybridized carbons (Fsp3) is 0.407. The molecule has 2 saturated heterocycles. The van der Waals surface area contributed by atoms with Crippen molar-refractivity contribution in [1.82, 2.24) is 9.80 Å². The number of carbonyl (C=O) groups is 8. The standard InChI is InChI=1S/C54H55F3N6O12/c1-27-23-60(24-28(2)74-27)34-11-15-42(40(20-34)52(70)72-5)58-46(64)44(17-31-7-8-31)62-48(66)36-13-9-32(18-38(36)50(62)68)33-10-14-37-39(19-33)51(69)63(49(37)67)45(22-54(55,56)57)47(65)59-43-16-12-35(21-41(43)53(71)73-6)61-25-29(3)75-30(4)26-61/h9-16,18-21,27-31,44-45H,7-8,17,22-26H2,1-6H3,(H,58,64)(H,59,65)/t27-,28?,29-,30?,44-,45-/m0/s1. The number of imide groups is 2. The molecule has 0 spiro atoms. The van der Waals surface area contributed by atoms with Crippen LogP contribution in [-0.2, 0) is 28.5 Å². The first kappa shape index (κ1) is 52.2. The van der Waals surface area contributed by atoms with Crippen LogP contribution in [0.5, 0.6) is 0 Å². The molecule has 18 nitrogen and oxygen atoms in total. The molecule has 3 fully saturated rings. The van der Waals surface area contributed by atoms with Gasteiger partial charge in [0.2, 0.25) is 11.8 Å². The summed E-state index contributed by atoms with van der Waals surface area (Å²) >= 11 is 0. The second-order valence-electron chi connectivity index (χ2n) is 19.8. The minimum atomic E-state index is -5.05. The van der Waals surface area contributed by atoms with Gasteiger partial charge in [0.1, 0.15) is 12.1 Å². The van der Waals surface area contributed by atoms with Gasteiger partial charge in [0.15, 0.2) is 0 Å². The Morgan fingerprint density at radius 1 is 0.573 bits per heavy atom. The first-order chi connectivity index (χ1) is 35.6. The van der Waals surface area contributed by atoms with E-state index < -0.39 is 72.1 Å². The molecule has 9 rings (SSSR count). The Bertz CT molecular complexity index is 3010. The van der Waals surface area contributed by atoms with Crippen molar-refractivity contribution in [2.24, 2.45) is 5.92 Å². The number of esters is 2. The number of amides is 6. The lowest BCUT2D eigenvalue weighted by atomic mass is 9.97. The van der Waals surface area contributed by atoms with Gasteiger partial charge in [-0.15, -0.1) is 0 Å². The molecule has 4 aromatic carbocycles. The number of benzene rings is 4. The van der Waals surface area contributed by atoms with E-state index in [1.165, 1.54) is 55.6 Å². The maximum Gasteiger partial charge on any atom is 0.391 e. The van der Waals surface area contributed by atoms with E-state index >= 15 is 0 Å². The maximum absolute atomic E-state index is 14.4.